The Hall–Kier alpha value is -2.24. The van der Waals surface area contributed by atoms with Gasteiger partial charge in [-0.1, -0.05) is 6.92 Å². The zero-order valence-corrected chi connectivity index (χ0v) is 17.6. The maximum absolute atomic E-state index is 14.0. The monoisotopic (exact) mass is 461 g/mol. The zero-order chi connectivity index (χ0) is 22.6. The summed E-state index contributed by atoms with van der Waals surface area (Å²) in [7, 11) is 0. The van der Waals surface area contributed by atoms with Crippen LogP contribution in [0.1, 0.15) is 60.3 Å². The van der Waals surface area contributed by atoms with Crippen LogP contribution in [0.4, 0.5) is 27.6 Å². The highest BCUT2D eigenvalue weighted by molar-refractivity contribution is 7.98. The van der Waals surface area contributed by atoms with Crippen molar-refractivity contribution in [2.45, 2.75) is 62.2 Å². The second-order valence-electron chi connectivity index (χ2n) is 8.50. The highest BCUT2D eigenvalue weighted by atomic mass is 32.2. The fourth-order valence-electron chi connectivity index (χ4n) is 4.12. The molecule has 31 heavy (non-hydrogen) atoms. The van der Waals surface area contributed by atoms with Crippen LogP contribution in [0.25, 0.3) is 0 Å². The predicted molar refractivity (Wildman–Crippen MR) is 103 cm³/mol. The van der Waals surface area contributed by atoms with E-state index < -0.39 is 47.5 Å². The summed E-state index contributed by atoms with van der Waals surface area (Å²) in [4.78, 5) is 13.0. The summed E-state index contributed by atoms with van der Waals surface area (Å²) in [5, 5.41) is 14.6. The third-order valence-corrected chi connectivity index (χ3v) is 6.06. The van der Waals surface area contributed by atoms with Gasteiger partial charge in [0.15, 0.2) is 0 Å². The molecule has 2 saturated carbocycles. The predicted octanol–water partition coefficient (Wildman–Crippen LogP) is 4.98. The average molecular weight is 461 g/mol. The molecule has 12 heteroatoms. The van der Waals surface area contributed by atoms with Crippen LogP contribution in [0, 0.1) is 5.41 Å². The van der Waals surface area contributed by atoms with Crippen LogP contribution in [-0.2, 0) is 12.7 Å². The molecule has 0 bridgehead atoms. The Kier molecular flexibility index (Phi) is 5.26. The van der Waals surface area contributed by atoms with Crippen LogP contribution in [0.3, 0.4) is 0 Å². The summed E-state index contributed by atoms with van der Waals surface area (Å²) < 4.78 is 69.9. The van der Waals surface area contributed by atoms with Gasteiger partial charge in [0.25, 0.3) is 5.91 Å². The molecule has 0 unspecified atom stereocenters. The van der Waals surface area contributed by atoms with Gasteiger partial charge < -0.3 is 5.32 Å². The Labute approximate surface area is 179 Å². The van der Waals surface area contributed by atoms with Crippen molar-refractivity contribution in [3.8, 4) is 0 Å². The van der Waals surface area contributed by atoms with E-state index in [0.29, 0.717) is 17.9 Å². The molecule has 0 radical (unpaired) electrons. The van der Waals surface area contributed by atoms with E-state index in [1.807, 2.05) is 0 Å². The summed E-state index contributed by atoms with van der Waals surface area (Å²) in [6, 6.07) is 1.49. The summed E-state index contributed by atoms with van der Waals surface area (Å²) in [6.07, 6.45) is -1.69. The molecule has 2 aromatic rings. The molecule has 2 aromatic heterocycles. The molecule has 168 valence electrons. The minimum absolute atomic E-state index is 0.180. The van der Waals surface area contributed by atoms with Gasteiger partial charge in [-0.05, 0) is 30.6 Å². The first-order valence-corrected chi connectivity index (χ1v) is 10.9. The van der Waals surface area contributed by atoms with Gasteiger partial charge in [0.05, 0.1) is 17.6 Å². The second-order valence-corrected chi connectivity index (χ2v) is 9.33. The van der Waals surface area contributed by atoms with Crippen molar-refractivity contribution in [3.05, 3.63) is 29.2 Å². The molecule has 2 aliphatic carbocycles. The first-order valence-electron chi connectivity index (χ1n) is 9.65. The molecule has 2 fully saturated rings. The molecule has 0 saturated heterocycles. The molecule has 4 rings (SSSR count). The number of aromatic nitrogens is 4. The molecule has 6 nitrogen and oxygen atoms in total. The van der Waals surface area contributed by atoms with Gasteiger partial charge in [0, 0.05) is 25.3 Å². The van der Waals surface area contributed by atoms with Crippen molar-refractivity contribution in [1.82, 2.24) is 20.0 Å². The van der Waals surface area contributed by atoms with E-state index in [0.717, 1.165) is 4.68 Å². The normalized spacial score (nSPS) is 19.7. The number of carbonyl (C=O) groups excluding carboxylic acids is 1. The maximum atomic E-state index is 14.0. The number of carbonyl (C=O) groups is 1. The highest BCUT2D eigenvalue weighted by Crippen LogP contribution is 2.53. The van der Waals surface area contributed by atoms with E-state index in [1.165, 1.54) is 24.0 Å². The molecule has 2 aliphatic rings. The lowest BCUT2D eigenvalue weighted by molar-refractivity contribution is -0.160. The van der Waals surface area contributed by atoms with Gasteiger partial charge in [-0.15, -0.1) is 16.9 Å². The summed E-state index contributed by atoms with van der Waals surface area (Å²) >= 11 is 1.26. The summed E-state index contributed by atoms with van der Waals surface area (Å²) in [6.45, 7) is 1.36. The van der Waals surface area contributed by atoms with Crippen molar-refractivity contribution in [3.63, 3.8) is 0 Å². The van der Waals surface area contributed by atoms with Gasteiger partial charge >= 0.3 is 6.18 Å². The Morgan fingerprint density at radius 1 is 1.32 bits per heavy atom. The SMILES string of the molecule is CSc1cc(NC(=O)c2c(C(F)(F)F)c(C3CC3)nn2CC2(C)CC(F)(F)C2)cnn1. The average Bonchev–Trinajstić information content (AvgIpc) is 3.40. The molecule has 1 amide bonds. The quantitative estimate of drug-likeness (QED) is 0.485. The van der Waals surface area contributed by atoms with Crippen LogP contribution in [0.2, 0.25) is 0 Å². The van der Waals surface area contributed by atoms with E-state index in [4.69, 9.17) is 0 Å². The van der Waals surface area contributed by atoms with Crippen molar-refractivity contribution < 1.29 is 26.7 Å². The lowest BCUT2D eigenvalue weighted by Gasteiger charge is -2.44. The van der Waals surface area contributed by atoms with Gasteiger partial charge in [0.2, 0.25) is 5.92 Å². The van der Waals surface area contributed by atoms with Gasteiger partial charge in [-0.2, -0.15) is 23.4 Å². The first-order chi connectivity index (χ1) is 14.4. The van der Waals surface area contributed by atoms with E-state index >= 15 is 0 Å². The van der Waals surface area contributed by atoms with Gasteiger partial charge in [-0.3, -0.25) is 9.48 Å². The van der Waals surface area contributed by atoms with Crippen molar-refractivity contribution >= 4 is 23.4 Å². The van der Waals surface area contributed by atoms with Crippen molar-refractivity contribution in [1.29, 1.82) is 0 Å². The molecule has 0 aromatic carbocycles. The molecular formula is C19H20F5N5OS. The first kappa shape index (κ1) is 22.0. The number of alkyl halides is 5. The molecule has 0 atom stereocenters. The van der Waals surface area contributed by atoms with Crippen LogP contribution in [0.15, 0.2) is 17.3 Å². The van der Waals surface area contributed by atoms with Crippen LogP contribution in [0.5, 0.6) is 0 Å². The summed E-state index contributed by atoms with van der Waals surface area (Å²) in [5.41, 5.74) is -2.70. The van der Waals surface area contributed by atoms with E-state index in [2.05, 4.69) is 20.6 Å². The molecular weight excluding hydrogens is 441 g/mol. The smallest absolute Gasteiger partial charge is 0.319 e. The lowest BCUT2D eigenvalue weighted by atomic mass is 9.67. The lowest BCUT2D eigenvalue weighted by Crippen LogP contribution is -2.47. The third-order valence-electron chi connectivity index (χ3n) is 5.44. The fourth-order valence-corrected chi connectivity index (χ4v) is 4.50. The Balaban J connectivity index is 1.73. The zero-order valence-electron chi connectivity index (χ0n) is 16.8. The van der Waals surface area contributed by atoms with Gasteiger partial charge in [0.1, 0.15) is 16.3 Å². The Bertz CT molecular complexity index is 1010. The Morgan fingerprint density at radius 3 is 2.55 bits per heavy atom. The van der Waals surface area contributed by atoms with Crippen LogP contribution in [-0.4, -0.2) is 38.1 Å². The molecule has 0 aliphatic heterocycles. The minimum atomic E-state index is -4.81. The fraction of sp³-hybridized carbons (Fsp3) is 0.579. The van der Waals surface area contributed by atoms with E-state index in [9.17, 15) is 26.7 Å². The number of nitrogens with zero attached hydrogens (tertiary/aromatic N) is 4. The Morgan fingerprint density at radius 2 is 2.00 bits per heavy atom. The number of rotatable bonds is 6. The van der Waals surface area contributed by atoms with Crippen LogP contribution < -0.4 is 5.32 Å². The molecule has 0 spiro atoms. The number of nitrogens with one attached hydrogen (secondary N) is 1. The van der Waals surface area contributed by atoms with Crippen LogP contribution >= 0.6 is 11.8 Å². The number of hydrogen-bond donors (Lipinski definition) is 1. The second kappa shape index (κ2) is 7.42. The molecule has 2 heterocycles. The van der Waals surface area contributed by atoms with Gasteiger partial charge in [-0.25, -0.2) is 8.78 Å². The standard InChI is InChI=1S/C19H20F5N5OS/c1-17(7-18(20,21)8-17)9-29-15(13(19(22,23)24)14(28-29)10-3-4-10)16(30)26-11-5-12(31-2)27-25-6-11/h5-6,10H,3-4,7-9H2,1-2H3,(H,26,27,30). The third kappa shape index (κ3) is 4.53. The number of anilines is 1. The van der Waals surface area contributed by atoms with E-state index in [-0.39, 0.29) is 23.8 Å². The minimum Gasteiger partial charge on any atom is -0.319 e. The van der Waals surface area contributed by atoms with Crippen molar-refractivity contribution in [2.75, 3.05) is 11.6 Å². The molecule has 1 N–H and O–H groups in total. The number of hydrogen-bond acceptors (Lipinski definition) is 5. The largest absolute Gasteiger partial charge is 0.420 e. The maximum Gasteiger partial charge on any atom is 0.420 e. The number of halogens is 5. The number of amides is 1. The summed E-state index contributed by atoms with van der Waals surface area (Å²) in [5.74, 6) is -4.25. The number of thioether (sulfide) groups is 1. The highest BCUT2D eigenvalue weighted by Gasteiger charge is 2.55. The van der Waals surface area contributed by atoms with E-state index in [1.54, 1.807) is 13.2 Å². The topological polar surface area (TPSA) is 72.7 Å². The van der Waals surface area contributed by atoms with Crippen molar-refractivity contribution in [2.24, 2.45) is 5.41 Å².